The molecule has 2 aromatic carbocycles. The lowest BCUT2D eigenvalue weighted by Crippen LogP contribution is -1.96. The Bertz CT molecular complexity index is 857. The summed E-state index contributed by atoms with van der Waals surface area (Å²) < 4.78 is 16.8. The van der Waals surface area contributed by atoms with Gasteiger partial charge in [-0.2, -0.15) is 0 Å². The summed E-state index contributed by atoms with van der Waals surface area (Å²) in [6.45, 7) is 0.251. The average molecular weight is 322 g/mol. The summed E-state index contributed by atoms with van der Waals surface area (Å²) in [5.41, 5.74) is 3.59. The Balaban J connectivity index is 1.47. The summed E-state index contributed by atoms with van der Waals surface area (Å²) >= 11 is 0. The molecule has 0 radical (unpaired) electrons. The Kier molecular flexibility index (Phi) is 3.91. The normalized spacial score (nSPS) is 12.9. The zero-order valence-electron chi connectivity index (χ0n) is 13.5. The number of benzene rings is 2. The summed E-state index contributed by atoms with van der Waals surface area (Å²) in [5.74, 6) is 2.41. The second-order valence-electron chi connectivity index (χ2n) is 5.77. The third-order valence-electron chi connectivity index (χ3n) is 4.24. The predicted octanol–water partition coefficient (Wildman–Crippen LogP) is 3.81. The van der Waals surface area contributed by atoms with Gasteiger partial charge in [0.1, 0.15) is 11.5 Å². The lowest BCUT2D eigenvalue weighted by Gasteiger charge is -2.06. The van der Waals surface area contributed by atoms with Crippen molar-refractivity contribution in [3.05, 3.63) is 59.5 Å². The third-order valence-corrected chi connectivity index (χ3v) is 4.24. The standard InChI is InChI=1S/C19H18N2O3/c1-22-17-8-3-2-7-16(17)19-21-20-18(24-19)12-23-15-10-9-13-5-4-6-14(13)11-15/h2-3,7-11H,4-6,12H2,1H3. The number of ether oxygens (including phenoxy) is 2. The minimum absolute atomic E-state index is 0.251. The van der Waals surface area contributed by atoms with Crippen molar-refractivity contribution in [3.63, 3.8) is 0 Å². The maximum atomic E-state index is 5.80. The molecule has 1 aliphatic rings. The van der Waals surface area contributed by atoms with E-state index in [1.165, 1.54) is 24.0 Å². The first-order valence-electron chi connectivity index (χ1n) is 8.04. The van der Waals surface area contributed by atoms with E-state index in [4.69, 9.17) is 13.9 Å². The van der Waals surface area contributed by atoms with Crippen molar-refractivity contribution < 1.29 is 13.9 Å². The maximum Gasteiger partial charge on any atom is 0.254 e. The Morgan fingerprint density at radius 3 is 2.83 bits per heavy atom. The minimum atomic E-state index is 0.251. The van der Waals surface area contributed by atoms with Crippen LogP contribution >= 0.6 is 0 Å². The summed E-state index contributed by atoms with van der Waals surface area (Å²) in [6.07, 6.45) is 3.53. The van der Waals surface area contributed by atoms with Crippen LogP contribution in [-0.2, 0) is 19.4 Å². The summed E-state index contributed by atoms with van der Waals surface area (Å²) in [7, 11) is 1.62. The number of hydrogen-bond donors (Lipinski definition) is 0. The lowest BCUT2D eigenvalue weighted by molar-refractivity contribution is 0.264. The number of fused-ring (bicyclic) bond motifs is 1. The topological polar surface area (TPSA) is 57.4 Å². The molecule has 0 saturated carbocycles. The van der Waals surface area contributed by atoms with Gasteiger partial charge in [0.25, 0.3) is 11.8 Å². The highest BCUT2D eigenvalue weighted by molar-refractivity contribution is 5.62. The van der Waals surface area contributed by atoms with Crippen LogP contribution in [0, 0.1) is 0 Å². The molecule has 0 bridgehead atoms. The monoisotopic (exact) mass is 322 g/mol. The van der Waals surface area contributed by atoms with Gasteiger partial charge in [0, 0.05) is 0 Å². The fourth-order valence-corrected chi connectivity index (χ4v) is 3.03. The van der Waals surface area contributed by atoms with Crippen LogP contribution in [0.1, 0.15) is 23.4 Å². The molecule has 122 valence electrons. The van der Waals surface area contributed by atoms with Crippen LogP contribution in [0.25, 0.3) is 11.5 Å². The average Bonchev–Trinajstić information content (AvgIpc) is 3.28. The van der Waals surface area contributed by atoms with E-state index in [-0.39, 0.29) is 6.61 Å². The van der Waals surface area contributed by atoms with Crippen LogP contribution in [0.15, 0.2) is 46.9 Å². The second kappa shape index (κ2) is 6.35. The fourth-order valence-electron chi connectivity index (χ4n) is 3.03. The molecule has 5 nitrogen and oxygen atoms in total. The molecule has 0 atom stereocenters. The molecule has 0 spiro atoms. The molecular formula is C19H18N2O3. The highest BCUT2D eigenvalue weighted by atomic mass is 16.5. The number of rotatable bonds is 5. The quantitative estimate of drug-likeness (QED) is 0.715. The number of aromatic nitrogens is 2. The largest absolute Gasteiger partial charge is 0.496 e. The summed E-state index contributed by atoms with van der Waals surface area (Å²) in [6, 6.07) is 13.8. The van der Waals surface area contributed by atoms with Crippen LogP contribution < -0.4 is 9.47 Å². The van der Waals surface area contributed by atoms with Crippen LogP contribution in [-0.4, -0.2) is 17.3 Å². The Hall–Kier alpha value is -2.82. The number of nitrogens with zero attached hydrogens (tertiary/aromatic N) is 2. The minimum Gasteiger partial charge on any atom is -0.496 e. The van der Waals surface area contributed by atoms with Crippen LogP contribution in [0.5, 0.6) is 11.5 Å². The molecule has 4 rings (SSSR count). The molecule has 0 N–H and O–H groups in total. The van der Waals surface area contributed by atoms with Crippen molar-refractivity contribution in [1.82, 2.24) is 10.2 Å². The van der Waals surface area contributed by atoms with Crippen LogP contribution in [0.2, 0.25) is 0 Å². The third kappa shape index (κ3) is 2.85. The molecule has 3 aromatic rings. The molecule has 0 fully saturated rings. The van der Waals surface area contributed by atoms with E-state index >= 15 is 0 Å². The molecular weight excluding hydrogens is 304 g/mol. The van der Waals surface area contributed by atoms with Crippen molar-refractivity contribution in [3.8, 4) is 23.0 Å². The smallest absolute Gasteiger partial charge is 0.254 e. The van der Waals surface area contributed by atoms with E-state index in [0.717, 1.165) is 17.7 Å². The zero-order valence-corrected chi connectivity index (χ0v) is 13.5. The van der Waals surface area contributed by atoms with Gasteiger partial charge < -0.3 is 13.9 Å². The van der Waals surface area contributed by atoms with Gasteiger partial charge in [-0.1, -0.05) is 18.2 Å². The van der Waals surface area contributed by atoms with E-state index in [1.807, 2.05) is 30.3 Å². The van der Waals surface area contributed by atoms with Gasteiger partial charge in [0.15, 0.2) is 6.61 Å². The lowest BCUT2D eigenvalue weighted by atomic mass is 10.1. The van der Waals surface area contributed by atoms with Gasteiger partial charge in [0.2, 0.25) is 0 Å². The Morgan fingerprint density at radius 2 is 1.92 bits per heavy atom. The number of aryl methyl sites for hydroxylation is 2. The summed E-state index contributed by atoms with van der Waals surface area (Å²) in [5, 5.41) is 8.15. The highest BCUT2D eigenvalue weighted by Crippen LogP contribution is 2.29. The zero-order chi connectivity index (χ0) is 16.4. The van der Waals surface area contributed by atoms with E-state index in [1.54, 1.807) is 7.11 Å². The Labute approximate surface area is 140 Å². The van der Waals surface area contributed by atoms with Crippen molar-refractivity contribution >= 4 is 0 Å². The van der Waals surface area contributed by atoms with Crippen LogP contribution in [0.4, 0.5) is 0 Å². The van der Waals surface area contributed by atoms with Crippen molar-refractivity contribution in [2.24, 2.45) is 0 Å². The molecule has 1 heterocycles. The van der Waals surface area contributed by atoms with E-state index in [0.29, 0.717) is 17.5 Å². The molecule has 0 unspecified atom stereocenters. The molecule has 0 aliphatic heterocycles. The second-order valence-corrected chi connectivity index (χ2v) is 5.77. The van der Waals surface area contributed by atoms with Gasteiger partial charge >= 0.3 is 0 Å². The van der Waals surface area contributed by atoms with Gasteiger partial charge in [-0.3, -0.25) is 0 Å². The maximum absolute atomic E-state index is 5.80. The molecule has 0 amide bonds. The van der Waals surface area contributed by atoms with E-state index < -0.39 is 0 Å². The first kappa shape index (κ1) is 14.8. The van der Waals surface area contributed by atoms with Crippen molar-refractivity contribution in [1.29, 1.82) is 0 Å². The highest BCUT2D eigenvalue weighted by Gasteiger charge is 2.14. The van der Waals surface area contributed by atoms with Gasteiger partial charge in [-0.15, -0.1) is 10.2 Å². The van der Waals surface area contributed by atoms with Gasteiger partial charge in [-0.05, 0) is 54.7 Å². The van der Waals surface area contributed by atoms with Crippen molar-refractivity contribution in [2.75, 3.05) is 7.11 Å². The van der Waals surface area contributed by atoms with Crippen molar-refractivity contribution in [2.45, 2.75) is 25.9 Å². The van der Waals surface area contributed by atoms with Gasteiger partial charge in [-0.25, -0.2) is 0 Å². The fraction of sp³-hybridized carbons (Fsp3) is 0.263. The SMILES string of the molecule is COc1ccccc1-c1nnc(COc2ccc3c(c2)CCC3)o1. The molecule has 1 aliphatic carbocycles. The predicted molar refractivity (Wildman–Crippen MR) is 89.1 cm³/mol. The number of hydrogen-bond acceptors (Lipinski definition) is 5. The molecule has 0 saturated heterocycles. The van der Waals surface area contributed by atoms with Gasteiger partial charge in [0.05, 0.1) is 12.7 Å². The molecule has 5 heteroatoms. The van der Waals surface area contributed by atoms with E-state index in [2.05, 4.69) is 22.3 Å². The van der Waals surface area contributed by atoms with Crippen LogP contribution in [0.3, 0.4) is 0 Å². The van der Waals surface area contributed by atoms with E-state index in [9.17, 15) is 0 Å². The first-order chi connectivity index (χ1) is 11.8. The molecule has 1 aromatic heterocycles. The molecule has 24 heavy (non-hydrogen) atoms. The first-order valence-corrected chi connectivity index (χ1v) is 8.04. The number of methoxy groups -OCH3 is 1. The Morgan fingerprint density at radius 1 is 1.04 bits per heavy atom. The number of para-hydroxylation sites is 1. The summed E-state index contributed by atoms with van der Waals surface area (Å²) in [4.78, 5) is 0.